The summed E-state index contributed by atoms with van der Waals surface area (Å²) >= 11 is 0. The average Bonchev–Trinajstić information content (AvgIpc) is 2.90. The number of aromatic carboxylic acids is 1. The van der Waals surface area contributed by atoms with E-state index in [1.807, 2.05) is 0 Å². The molecular weight excluding hydrogens is 299 g/mol. The Bertz CT molecular complexity index is 697. The van der Waals surface area contributed by atoms with Crippen LogP contribution in [0.3, 0.4) is 0 Å². The van der Waals surface area contributed by atoms with Crippen LogP contribution in [0.5, 0.6) is 0 Å². The number of carboxylic acids is 1. The number of carboxylic acid groups (broad SMARTS) is 1. The minimum Gasteiger partial charge on any atom is -0.543 e. The normalized spacial score (nSPS) is 21.0. The van der Waals surface area contributed by atoms with Gasteiger partial charge in [0, 0.05) is 12.5 Å². The van der Waals surface area contributed by atoms with Crippen LogP contribution in [0.4, 0.5) is 19.0 Å². The Balaban J connectivity index is 2.03. The molecule has 2 atom stereocenters. The zero-order chi connectivity index (χ0) is 15.9. The number of halogens is 3. The third kappa shape index (κ3) is 2.51. The number of nitrogens with zero attached hydrogens (tertiary/aromatic N) is 2. The van der Waals surface area contributed by atoms with E-state index in [9.17, 15) is 23.1 Å². The van der Waals surface area contributed by atoms with Gasteiger partial charge in [-0.3, -0.25) is 0 Å². The lowest BCUT2D eigenvalue weighted by Gasteiger charge is -2.33. The summed E-state index contributed by atoms with van der Waals surface area (Å²) in [4.78, 5) is 10.8. The molecule has 0 unspecified atom stereocenters. The number of carbonyl (C=O) groups is 1. The fraction of sp³-hybridized carbons (Fsp3) is 0.286. The van der Waals surface area contributed by atoms with Crippen LogP contribution >= 0.6 is 0 Å². The second-order valence-electron chi connectivity index (χ2n) is 5.05. The third-order valence-electron chi connectivity index (χ3n) is 3.60. The summed E-state index contributed by atoms with van der Waals surface area (Å²) in [6.07, 6.45) is -4.80. The topological polar surface area (TPSA) is 70.0 Å². The van der Waals surface area contributed by atoms with Crippen molar-refractivity contribution < 1.29 is 23.1 Å². The number of benzene rings is 1. The number of aromatic nitrogens is 2. The van der Waals surface area contributed by atoms with Crippen LogP contribution in [0.1, 0.15) is 34.6 Å². The van der Waals surface area contributed by atoms with Crippen LogP contribution in [0.15, 0.2) is 36.4 Å². The number of alkyl halides is 3. The number of hydrogen-bond donors (Lipinski definition) is 1. The Morgan fingerprint density at radius 3 is 2.59 bits per heavy atom. The van der Waals surface area contributed by atoms with Gasteiger partial charge >= 0.3 is 6.18 Å². The highest BCUT2D eigenvalue weighted by Gasteiger charge is 2.46. The third-order valence-corrected chi connectivity index (χ3v) is 3.60. The standard InChI is InChI=1S/C14H12F3N3O2/c15-14(16,17)11-6-9(8-4-2-1-3-5-8)18-12-7-10(13(21)22)19-20(11)12/h1-5,7,9,11,18H,6H2,(H,21,22)/p-1/t9-,11-/m0/s1. The minimum absolute atomic E-state index is 0.0154. The van der Waals surface area contributed by atoms with Crippen molar-refractivity contribution in [1.29, 1.82) is 0 Å². The van der Waals surface area contributed by atoms with Gasteiger partial charge in [0.15, 0.2) is 6.04 Å². The molecule has 0 radical (unpaired) electrons. The summed E-state index contributed by atoms with van der Waals surface area (Å²) in [6.45, 7) is 0. The minimum atomic E-state index is -4.53. The lowest BCUT2D eigenvalue weighted by molar-refractivity contribution is -0.255. The monoisotopic (exact) mass is 310 g/mol. The number of nitrogens with one attached hydrogen (secondary N) is 1. The van der Waals surface area contributed by atoms with E-state index in [0.717, 1.165) is 6.07 Å². The van der Waals surface area contributed by atoms with Crippen molar-refractivity contribution >= 4 is 11.8 Å². The van der Waals surface area contributed by atoms with E-state index in [0.29, 0.717) is 10.2 Å². The van der Waals surface area contributed by atoms with Gasteiger partial charge in [-0.05, 0) is 5.56 Å². The molecule has 0 spiro atoms. The summed E-state index contributed by atoms with van der Waals surface area (Å²) in [5.74, 6) is -1.59. The lowest BCUT2D eigenvalue weighted by Crippen LogP contribution is -2.35. The second kappa shape index (κ2) is 5.04. The Labute approximate surface area is 123 Å². The van der Waals surface area contributed by atoms with Gasteiger partial charge in [0.25, 0.3) is 0 Å². The van der Waals surface area contributed by atoms with E-state index in [-0.39, 0.29) is 12.2 Å². The molecule has 1 aromatic heterocycles. The molecule has 1 aromatic carbocycles. The predicted octanol–water partition coefficient (Wildman–Crippen LogP) is 1.91. The molecule has 2 aromatic rings. The zero-order valence-electron chi connectivity index (χ0n) is 11.2. The molecule has 0 bridgehead atoms. The van der Waals surface area contributed by atoms with Crippen LogP contribution in [0, 0.1) is 0 Å². The first-order valence-electron chi connectivity index (χ1n) is 6.55. The van der Waals surface area contributed by atoms with E-state index >= 15 is 0 Å². The van der Waals surface area contributed by atoms with Gasteiger partial charge in [0.05, 0.1) is 12.0 Å². The molecule has 1 aliphatic rings. The van der Waals surface area contributed by atoms with Crippen molar-refractivity contribution in [2.45, 2.75) is 24.7 Å². The largest absolute Gasteiger partial charge is 0.543 e. The Morgan fingerprint density at radius 2 is 2.00 bits per heavy atom. The van der Waals surface area contributed by atoms with Crippen LogP contribution in [-0.2, 0) is 0 Å². The molecule has 0 aliphatic carbocycles. The molecule has 1 N–H and O–H groups in total. The molecule has 116 valence electrons. The molecule has 3 rings (SSSR count). The molecule has 1 aliphatic heterocycles. The maximum Gasteiger partial charge on any atom is 0.410 e. The molecule has 5 nitrogen and oxygen atoms in total. The van der Waals surface area contributed by atoms with Crippen molar-refractivity contribution in [3.63, 3.8) is 0 Å². The van der Waals surface area contributed by atoms with E-state index in [1.165, 1.54) is 0 Å². The lowest BCUT2D eigenvalue weighted by atomic mass is 9.97. The first kappa shape index (κ1) is 14.4. The van der Waals surface area contributed by atoms with E-state index in [1.54, 1.807) is 30.3 Å². The van der Waals surface area contributed by atoms with Crippen LogP contribution < -0.4 is 10.4 Å². The number of fused-ring (bicyclic) bond motifs is 1. The van der Waals surface area contributed by atoms with Crippen molar-refractivity contribution in [2.24, 2.45) is 0 Å². The molecule has 0 amide bonds. The van der Waals surface area contributed by atoms with Crippen molar-refractivity contribution in [2.75, 3.05) is 5.32 Å². The van der Waals surface area contributed by atoms with Gasteiger partial charge in [-0.1, -0.05) is 30.3 Å². The van der Waals surface area contributed by atoms with E-state index in [4.69, 9.17) is 0 Å². The highest BCUT2D eigenvalue weighted by Crippen LogP contribution is 2.43. The fourth-order valence-electron chi connectivity index (χ4n) is 2.58. The molecule has 2 heterocycles. The number of carbonyl (C=O) groups excluding carboxylic acids is 1. The van der Waals surface area contributed by atoms with Gasteiger partial charge in [-0.2, -0.15) is 18.3 Å². The Morgan fingerprint density at radius 1 is 1.32 bits per heavy atom. The summed E-state index contributed by atoms with van der Waals surface area (Å²) in [6, 6.07) is 7.27. The van der Waals surface area contributed by atoms with Gasteiger partial charge in [0.1, 0.15) is 11.5 Å². The van der Waals surface area contributed by atoms with Gasteiger partial charge in [0.2, 0.25) is 0 Å². The molecule has 22 heavy (non-hydrogen) atoms. The van der Waals surface area contributed by atoms with Gasteiger partial charge < -0.3 is 15.2 Å². The SMILES string of the molecule is O=C([O-])c1cc2n(n1)[C@H](C(F)(F)F)C[C@@H](c1ccccc1)N2. The molecule has 0 saturated heterocycles. The van der Waals surface area contributed by atoms with Crippen molar-refractivity contribution in [1.82, 2.24) is 9.78 Å². The summed E-state index contributed by atoms with van der Waals surface area (Å²) < 4.78 is 40.5. The zero-order valence-corrected chi connectivity index (χ0v) is 11.2. The maximum atomic E-state index is 13.3. The van der Waals surface area contributed by atoms with Crippen LogP contribution in [0.2, 0.25) is 0 Å². The molecule has 0 fully saturated rings. The molecule has 8 heteroatoms. The van der Waals surface area contributed by atoms with Gasteiger partial charge in [-0.15, -0.1) is 0 Å². The van der Waals surface area contributed by atoms with E-state index < -0.39 is 29.9 Å². The second-order valence-corrected chi connectivity index (χ2v) is 5.05. The van der Waals surface area contributed by atoms with Crippen molar-refractivity contribution in [3.05, 3.63) is 47.7 Å². The quantitative estimate of drug-likeness (QED) is 0.920. The fourth-order valence-corrected chi connectivity index (χ4v) is 2.58. The van der Waals surface area contributed by atoms with Crippen LogP contribution in [0.25, 0.3) is 0 Å². The first-order chi connectivity index (χ1) is 10.4. The highest BCUT2D eigenvalue weighted by atomic mass is 19.4. The molecular formula is C14H11F3N3O2-. The van der Waals surface area contributed by atoms with Gasteiger partial charge in [-0.25, -0.2) is 4.68 Å². The average molecular weight is 310 g/mol. The number of anilines is 1. The highest BCUT2D eigenvalue weighted by molar-refractivity contribution is 5.84. The predicted molar refractivity (Wildman–Crippen MR) is 69.1 cm³/mol. The Kier molecular flexibility index (Phi) is 3.31. The van der Waals surface area contributed by atoms with Crippen molar-refractivity contribution in [3.8, 4) is 0 Å². The smallest absolute Gasteiger partial charge is 0.410 e. The first-order valence-corrected chi connectivity index (χ1v) is 6.55. The molecule has 0 saturated carbocycles. The summed E-state index contributed by atoms with van der Waals surface area (Å²) in [5.41, 5.74) is 0.171. The van der Waals surface area contributed by atoms with E-state index in [2.05, 4.69) is 10.4 Å². The Hall–Kier alpha value is -2.51. The summed E-state index contributed by atoms with van der Waals surface area (Å²) in [7, 11) is 0. The maximum absolute atomic E-state index is 13.3. The number of rotatable bonds is 2. The summed E-state index contributed by atoms with van der Waals surface area (Å²) in [5, 5.41) is 17.2. The number of hydrogen-bond acceptors (Lipinski definition) is 4. The van der Waals surface area contributed by atoms with Crippen LogP contribution in [-0.4, -0.2) is 21.9 Å².